The van der Waals surface area contributed by atoms with Crippen LogP contribution >= 0.6 is 23.2 Å². The van der Waals surface area contributed by atoms with Gasteiger partial charge in [-0.15, -0.1) is 0 Å². The van der Waals surface area contributed by atoms with E-state index in [0.717, 1.165) is 44.1 Å². The highest BCUT2D eigenvalue weighted by molar-refractivity contribution is 6.42. The van der Waals surface area contributed by atoms with E-state index >= 15 is 0 Å². The van der Waals surface area contributed by atoms with Crippen LogP contribution in [0, 0.1) is 5.41 Å². The Labute approximate surface area is 141 Å². The van der Waals surface area contributed by atoms with Crippen molar-refractivity contribution in [2.24, 2.45) is 5.41 Å². The largest absolute Gasteiger partial charge is 0.396 e. The van der Waals surface area contributed by atoms with Gasteiger partial charge in [-0.3, -0.25) is 4.79 Å². The molecule has 0 bridgehead atoms. The van der Waals surface area contributed by atoms with Crippen LogP contribution in [0.5, 0.6) is 0 Å². The summed E-state index contributed by atoms with van der Waals surface area (Å²) in [6.07, 6.45) is 5.83. The van der Waals surface area contributed by atoms with Gasteiger partial charge in [-0.05, 0) is 43.4 Å². The summed E-state index contributed by atoms with van der Waals surface area (Å²) in [5.74, 6) is 0.0527. The van der Waals surface area contributed by atoms with Crippen molar-refractivity contribution in [3.8, 4) is 0 Å². The Morgan fingerprint density at radius 1 is 1.14 bits per heavy atom. The van der Waals surface area contributed by atoms with Crippen molar-refractivity contribution in [3.63, 3.8) is 0 Å². The molecule has 1 aromatic carbocycles. The Balaban J connectivity index is 1.74. The number of aliphatic hydroxyl groups is 1. The number of aliphatic hydroxyl groups excluding tert-OH is 1. The third kappa shape index (κ3) is 2.64. The molecule has 0 saturated heterocycles. The molecule has 0 radical (unpaired) electrons. The fraction of sp³-hybridized carbons (Fsp3) is 0.588. The minimum Gasteiger partial charge on any atom is -0.396 e. The fourth-order valence-corrected chi connectivity index (χ4v) is 3.77. The van der Waals surface area contributed by atoms with Crippen molar-refractivity contribution < 1.29 is 9.90 Å². The standard InChI is InChI=1S/C17H21Cl2NO2/c18-13-4-3-12(9-14(13)19)17(7-2-8-17)15(22)20-10-16(11-21)5-1-6-16/h3-4,9,21H,1-2,5-8,10-11H2,(H,20,22). The van der Waals surface area contributed by atoms with Crippen molar-refractivity contribution in [2.45, 2.75) is 43.9 Å². The van der Waals surface area contributed by atoms with E-state index in [4.69, 9.17) is 23.2 Å². The molecule has 0 heterocycles. The van der Waals surface area contributed by atoms with Gasteiger partial charge in [0.05, 0.1) is 22.1 Å². The highest BCUT2D eigenvalue weighted by Gasteiger charge is 2.47. The summed E-state index contributed by atoms with van der Waals surface area (Å²) < 4.78 is 0. The smallest absolute Gasteiger partial charge is 0.230 e. The molecule has 1 aromatic rings. The molecular formula is C17H21Cl2NO2. The molecule has 0 spiro atoms. The summed E-state index contributed by atoms with van der Waals surface area (Å²) >= 11 is 12.1. The van der Waals surface area contributed by atoms with E-state index in [2.05, 4.69) is 5.32 Å². The molecule has 5 heteroatoms. The van der Waals surface area contributed by atoms with Crippen molar-refractivity contribution in [1.29, 1.82) is 0 Å². The van der Waals surface area contributed by atoms with Crippen LogP contribution in [0.25, 0.3) is 0 Å². The van der Waals surface area contributed by atoms with E-state index in [1.54, 1.807) is 6.07 Å². The van der Waals surface area contributed by atoms with Crippen LogP contribution in [-0.2, 0) is 10.2 Å². The van der Waals surface area contributed by atoms with Gasteiger partial charge in [0.2, 0.25) is 5.91 Å². The first-order valence-corrected chi connectivity index (χ1v) is 8.62. The maximum Gasteiger partial charge on any atom is 0.230 e. The molecule has 0 unspecified atom stereocenters. The van der Waals surface area contributed by atoms with E-state index in [9.17, 15) is 9.90 Å². The van der Waals surface area contributed by atoms with Gasteiger partial charge in [0, 0.05) is 12.0 Å². The number of halogens is 2. The third-order valence-corrected chi connectivity index (χ3v) is 6.23. The second-order valence-corrected chi connectivity index (χ2v) is 7.57. The zero-order valence-electron chi connectivity index (χ0n) is 12.5. The molecule has 0 aliphatic heterocycles. The van der Waals surface area contributed by atoms with Crippen LogP contribution in [0.3, 0.4) is 0 Å². The van der Waals surface area contributed by atoms with Gasteiger partial charge in [0.25, 0.3) is 0 Å². The van der Waals surface area contributed by atoms with Crippen LogP contribution in [0.4, 0.5) is 0 Å². The first-order valence-electron chi connectivity index (χ1n) is 7.86. The van der Waals surface area contributed by atoms with Gasteiger partial charge in [-0.25, -0.2) is 0 Å². The maximum atomic E-state index is 12.8. The molecule has 0 atom stereocenters. The number of hydrogen-bond donors (Lipinski definition) is 2. The summed E-state index contributed by atoms with van der Waals surface area (Å²) in [4.78, 5) is 12.8. The average molecular weight is 342 g/mol. The Morgan fingerprint density at radius 2 is 1.82 bits per heavy atom. The number of hydrogen-bond acceptors (Lipinski definition) is 2. The Bertz CT molecular complexity index is 575. The van der Waals surface area contributed by atoms with Gasteiger partial charge >= 0.3 is 0 Å². The second kappa shape index (κ2) is 6.03. The number of carbonyl (C=O) groups excluding carboxylic acids is 1. The summed E-state index contributed by atoms with van der Waals surface area (Å²) in [6, 6.07) is 5.47. The Kier molecular flexibility index (Phi) is 4.41. The van der Waals surface area contributed by atoms with E-state index < -0.39 is 5.41 Å². The summed E-state index contributed by atoms with van der Waals surface area (Å²) in [7, 11) is 0. The zero-order chi connectivity index (χ0) is 15.8. The number of benzene rings is 1. The van der Waals surface area contributed by atoms with Crippen molar-refractivity contribution in [2.75, 3.05) is 13.2 Å². The summed E-state index contributed by atoms with van der Waals surface area (Å²) in [6.45, 7) is 0.707. The second-order valence-electron chi connectivity index (χ2n) is 6.76. The van der Waals surface area contributed by atoms with Gasteiger partial charge in [-0.1, -0.05) is 42.1 Å². The fourth-order valence-electron chi connectivity index (χ4n) is 3.48. The predicted molar refractivity (Wildman–Crippen MR) is 88.4 cm³/mol. The molecule has 2 saturated carbocycles. The SMILES string of the molecule is O=C(NCC1(CO)CCC1)C1(c2ccc(Cl)c(Cl)c2)CCC1. The number of rotatable bonds is 5. The molecule has 3 rings (SSSR count). The molecule has 3 nitrogen and oxygen atoms in total. The minimum atomic E-state index is -0.478. The van der Waals surface area contributed by atoms with Crippen LogP contribution in [-0.4, -0.2) is 24.2 Å². The van der Waals surface area contributed by atoms with Crippen molar-refractivity contribution >= 4 is 29.1 Å². The first kappa shape index (κ1) is 16.1. The Hall–Kier alpha value is -0.770. The zero-order valence-corrected chi connectivity index (χ0v) is 14.0. The molecule has 2 aliphatic rings. The van der Waals surface area contributed by atoms with E-state index in [-0.39, 0.29) is 17.9 Å². The minimum absolute atomic E-state index is 0.0527. The Morgan fingerprint density at radius 3 is 2.27 bits per heavy atom. The number of amides is 1. The molecule has 2 N–H and O–H groups in total. The molecule has 0 aromatic heterocycles. The number of nitrogens with one attached hydrogen (secondary N) is 1. The first-order chi connectivity index (χ1) is 10.5. The molecule has 1 amide bonds. The number of carbonyl (C=O) groups is 1. The highest BCUT2D eigenvalue weighted by Crippen LogP contribution is 2.46. The molecule has 2 fully saturated rings. The normalized spacial score (nSPS) is 21.6. The van der Waals surface area contributed by atoms with Gasteiger partial charge in [0.15, 0.2) is 0 Å². The van der Waals surface area contributed by atoms with Gasteiger partial charge in [-0.2, -0.15) is 0 Å². The van der Waals surface area contributed by atoms with Crippen LogP contribution < -0.4 is 5.32 Å². The summed E-state index contributed by atoms with van der Waals surface area (Å²) in [5.41, 5.74) is 0.365. The quantitative estimate of drug-likeness (QED) is 0.857. The molecule has 120 valence electrons. The third-order valence-electron chi connectivity index (χ3n) is 5.49. The van der Waals surface area contributed by atoms with E-state index in [1.165, 1.54) is 0 Å². The average Bonchev–Trinajstić information content (AvgIpc) is 2.41. The lowest BCUT2D eigenvalue weighted by Gasteiger charge is -2.44. The highest BCUT2D eigenvalue weighted by atomic mass is 35.5. The van der Waals surface area contributed by atoms with Crippen molar-refractivity contribution in [1.82, 2.24) is 5.32 Å². The van der Waals surface area contributed by atoms with Crippen LogP contribution in [0.15, 0.2) is 18.2 Å². The monoisotopic (exact) mass is 341 g/mol. The van der Waals surface area contributed by atoms with Gasteiger partial charge < -0.3 is 10.4 Å². The summed E-state index contributed by atoms with van der Waals surface area (Å²) in [5, 5.41) is 13.6. The maximum absolute atomic E-state index is 12.8. The van der Waals surface area contributed by atoms with Crippen molar-refractivity contribution in [3.05, 3.63) is 33.8 Å². The van der Waals surface area contributed by atoms with Gasteiger partial charge in [0.1, 0.15) is 0 Å². The van der Waals surface area contributed by atoms with E-state index in [1.807, 2.05) is 12.1 Å². The van der Waals surface area contributed by atoms with E-state index in [0.29, 0.717) is 16.6 Å². The molecular weight excluding hydrogens is 321 g/mol. The lowest BCUT2D eigenvalue weighted by Crippen LogP contribution is -2.53. The molecule has 22 heavy (non-hydrogen) atoms. The van der Waals surface area contributed by atoms with Crippen LogP contribution in [0.1, 0.15) is 44.1 Å². The van der Waals surface area contributed by atoms with Crippen LogP contribution in [0.2, 0.25) is 10.0 Å². The lowest BCUT2D eigenvalue weighted by atomic mass is 9.63. The molecule has 2 aliphatic carbocycles. The topological polar surface area (TPSA) is 49.3 Å². The predicted octanol–water partition coefficient (Wildman–Crippen LogP) is 3.69. The lowest BCUT2D eigenvalue weighted by molar-refractivity contribution is -0.131.